The molecule has 1 aliphatic heterocycles. The quantitative estimate of drug-likeness (QED) is 0.661. The zero-order valence-corrected chi connectivity index (χ0v) is 15.7. The largest absolute Gasteiger partial charge is 0.476 e. The van der Waals surface area contributed by atoms with E-state index in [1.165, 1.54) is 22.1 Å². The normalized spacial score (nSPS) is 16.2. The van der Waals surface area contributed by atoms with Crippen molar-refractivity contribution in [3.05, 3.63) is 63.9 Å². The fraction of sp³-hybridized carbons (Fsp3) is 0.263. The first-order valence-electron chi connectivity index (χ1n) is 8.83. The Bertz CT molecular complexity index is 1010. The standard InChI is InChI=1S/C19H18N4O4S/c24-17(15-11-28-18(21-15)16-5-2-8-27-16)20-10-12-3-1-4-13(9-12)23-7-6-14(22-23)19(25)26/h1,3-4,6-7,9,11,16H,2,5,8,10H2,(H,20,24)(H,25,26). The number of carbonyl (C=O) groups is 2. The number of thiazole rings is 1. The molecule has 4 rings (SSSR count). The van der Waals surface area contributed by atoms with Crippen LogP contribution in [0.2, 0.25) is 0 Å². The van der Waals surface area contributed by atoms with Gasteiger partial charge in [0.2, 0.25) is 0 Å². The van der Waals surface area contributed by atoms with Gasteiger partial charge in [0.05, 0.1) is 5.69 Å². The third-order valence-electron chi connectivity index (χ3n) is 4.40. The fourth-order valence-electron chi connectivity index (χ4n) is 2.98. The van der Waals surface area contributed by atoms with E-state index in [1.807, 2.05) is 24.3 Å². The molecule has 0 bridgehead atoms. The number of benzene rings is 1. The van der Waals surface area contributed by atoms with Gasteiger partial charge in [-0.3, -0.25) is 4.79 Å². The van der Waals surface area contributed by atoms with Gasteiger partial charge in [-0.1, -0.05) is 12.1 Å². The predicted octanol–water partition coefficient (Wildman–Crippen LogP) is 2.81. The van der Waals surface area contributed by atoms with Crippen LogP contribution in [0.1, 0.15) is 50.5 Å². The molecule has 1 saturated heterocycles. The summed E-state index contributed by atoms with van der Waals surface area (Å²) >= 11 is 1.44. The van der Waals surface area contributed by atoms with Crippen LogP contribution >= 0.6 is 11.3 Å². The molecular weight excluding hydrogens is 380 g/mol. The Morgan fingerprint density at radius 2 is 2.21 bits per heavy atom. The monoisotopic (exact) mass is 398 g/mol. The predicted molar refractivity (Wildman–Crippen MR) is 102 cm³/mol. The minimum absolute atomic E-state index is 0.00740. The third-order valence-corrected chi connectivity index (χ3v) is 5.33. The number of carboxylic acids is 1. The topological polar surface area (TPSA) is 106 Å². The highest BCUT2D eigenvalue weighted by Gasteiger charge is 2.22. The minimum Gasteiger partial charge on any atom is -0.476 e. The number of hydrogen-bond acceptors (Lipinski definition) is 6. The van der Waals surface area contributed by atoms with Gasteiger partial charge in [0.15, 0.2) is 5.69 Å². The van der Waals surface area contributed by atoms with E-state index in [0.717, 1.165) is 30.0 Å². The highest BCUT2D eigenvalue weighted by atomic mass is 32.1. The van der Waals surface area contributed by atoms with Gasteiger partial charge in [-0.15, -0.1) is 11.3 Å². The zero-order chi connectivity index (χ0) is 19.5. The van der Waals surface area contributed by atoms with Crippen LogP contribution in [-0.4, -0.2) is 38.4 Å². The van der Waals surface area contributed by atoms with Crippen LogP contribution in [0.3, 0.4) is 0 Å². The number of ether oxygens (including phenoxy) is 1. The molecule has 1 aliphatic rings. The highest BCUT2D eigenvalue weighted by molar-refractivity contribution is 7.09. The Morgan fingerprint density at radius 1 is 1.32 bits per heavy atom. The number of carboxylic acid groups (broad SMARTS) is 1. The van der Waals surface area contributed by atoms with E-state index >= 15 is 0 Å². The van der Waals surface area contributed by atoms with Gasteiger partial charge in [0.25, 0.3) is 5.91 Å². The molecule has 3 aromatic rings. The first-order valence-corrected chi connectivity index (χ1v) is 9.71. The van der Waals surface area contributed by atoms with Crippen LogP contribution in [0.4, 0.5) is 0 Å². The number of amides is 1. The number of aromatic nitrogens is 3. The Hall–Kier alpha value is -3.04. The first-order chi connectivity index (χ1) is 13.6. The molecule has 1 aromatic carbocycles. The number of hydrogen-bond donors (Lipinski definition) is 2. The molecule has 0 spiro atoms. The Labute approximate surface area is 164 Å². The van der Waals surface area contributed by atoms with Gasteiger partial charge in [0, 0.05) is 24.7 Å². The Morgan fingerprint density at radius 3 is 2.96 bits per heavy atom. The average molecular weight is 398 g/mol. The first kappa shape index (κ1) is 18.3. The number of nitrogens with zero attached hydrogens (tertiary/aromatic N) is 3. The van der Waals surface area contributed by atoms with Gasteiger partial charge in [-0.2, -0.15) is 5.10 Å². The second-order valence-corrected chi connectivity index (χ2v) is 7.27. The van der Waals surface area contributed by atoms with Crippen molar-refractivity contribution < 1.29 is 19.4 Å². The van der Waals surface area contributed by atoms with E-state index in [0.29, 0.717) is 17.9 Å². The zero-order valence-electron chi connectivity index (χ0n) is 14.9. The van der Waals surface area contributed by atoms with Crippen molar-refractivity contribution in [2.45, 2.75) is 25.5 Å². The molecule has 28 heavy (non-hydrogen) atoms. The molecule has 2 aromatic heterocycles. The molecule has 0 radical (unpaired) electrons. The van der Waals surface area contributed by atoms with Crippen molar-refractivity contribution in [1.82, 2.24) is 20.1 Å². The average Bonchev–Trinajstić information content (AvgIpc) is 3.47. The van der Waals surface area contributed by atoms with Gasteiger partial charge < -0.3 is 15.2 Å². The second-order valence-electron chi connectivity index (χ2n) is 6.38. The number of nitrogens with one attached hydrogen (secondary N) is 1. The smallest absolute Gasteiger partial charge is 0.356 e. The van der Waals surface area contributed by atoms with Gasteiger partial charge in [-0.25, -0.2) is 14.5 Å². The lowest BCUT2D eigenvalue weighted by molar-refractivity contribution is 0.0689. The van der Waals surface area contributed by atoms with Crippen molar-refractivity contribution in [3.8, 4) is 5.69 Å². The van der Waals surface area contributed by atoms with Gasteiger partial charge in [-0.05, 0) is 36.6 Å². The second kappa shape index (κ2) is 7.91. The van der Waals surface area contributed by atoms with Crippen LogP contribution < -0.4 is 5.32 Å². The van der Waals surface area contributed by atoms with Gasteiger partial charge >= 0.3 is 5.97 Å². The molecular formula is C19H18N4O4S. The van der Waals surface area contributed by atoms with E-state index in [1.54, 1.807) is 11.6 Å². The van der Waals surface area contributed by atoms with Crippen molar-refractivity contribution in [2.24, 2.45) is 0 Å². The molecule has 8 nitrogen and oxygen atoms in total. The molecule has 0 aliphatic carbocycles. The van der Waals surface area contributed by atoms with E-state index in [-0.39, 0.29) is 17.7 Å². The summed E-state index contributed by atoms with van der Waals surface area (Å²) < 4.78 is 7.09. The molecule has 0 saturated carbocycles. The lowest BCUT2D eigenvalue weighted by atomic mass is 10.2. The summed E-state index contributed by atoms with van der Waals surface area (Å²) in [6.45, 7) is 1.07. The summed E-state index contributed by atoms with van der Waals surface area (Å²) in [4.78, 5) is 27.8. The molecule has 144 valence electrons. The summed E-state index contributed by atoms with van der Waals surface area (Å²) in [6, 6.07) is 8.81. The molecule has 2 N–H and O–H groups in total. The maximum atomic E-state index is 12.4. The Kier molecular flexibility index (Phi) is 5.18. The molecule has 1 unspecified atom stereocenters. The lowest BCUT2D eigenvalue weighted by Gasteiger charge is -2.07. The number of carbonyl (C=O) groups excluding carboxylic acids is 1. The SMILES string of the molecule is O=C(O)c1ccn(-c2cccc(CNC(=O)c3csc(C4CCCO4)n3)c2)n1. The van der Waals surface area contributed by atoms with Crippen molar-refractivity contribution in [2.75, 3.05) is 6.61 Å². The molecule has 1 amide bonds. The summed E-state index contributed by atoms with van der Waals surface area (Å²) in [5, 5.41) is 18.5. The third kappa shape index (κ3) is 3.95. The fourth-order valence-corrected chi connectivity index (χ4v) is 3.86. The molecule has 9 heteroatoms. The van der Waals surface area contributed by atoms with Crippen LogP contribution in [0, 0.1) is 0 Å². The maximum absolute atomic E-state index is 12.4. The van der Waals surface area contributed by atoms with Crippen LogP contribution in [0.5, 0.6) is 0 Å². The van der Waals surface area contributed by atoms with E-state index in [2.05, 4.69) is 15.4 Å². The van der Waals surface area contributed by atoms with E-state index < -0.39 is 5.97 Å². The Balaban J connectivity index is 1.40. The maximum Gasteiger partial charge on any atom is 0.356 e. The minimum atomic E-state index is -1.08. The number of aromatic carboxylic acids is 1. The van der Waals surface area contributed by atoms with Crippen LogP contribution in [0.25, 0.3) is 5.69 Å². The highest BCUT2D eigenvalue weighted by Crippen LogP contribution is 2.30. The lowest BCUT2D eigenvalue weighted by Crippen LogP contribution is -2.23. The molecule has 3 heterocycles. The number of rotatable bonds is 6. The van der Waals surface area contributed by atoms with Crippen molar-refractivity contribution >= 4 is 23.2 Å². The summed E-state index contributed by atoms with van der Waals surface area (Å²) in [6.07, 6.45) is 3.56. The van der Waals surface area contributed by atoms with E-state index in [4.69, 9.17) is 9.84 Å². The van der Waals surface area contributed by atoms with Crippen molar-refractivity contribution in [1.29, 1.82) is 0 Å². The summed E-state index contributed by atoms with van der Waals surface area (Å²) in [5.74, 6) is -1.31. The van der Waals surface area contributed by atoms with Crippen LogP contribution in [-0.2, 0) is 11.3 Å². The van der Waals surface area contributed by atoms with Crippen molar-refractivity contribution in [3.63, 3.8) is 0 Å². The summed E-state index contributed by atoms with van der Waals surface area (Å²) in [5.41, 5.74) is 1.95. The summed E-state index contributed by atoms with van der Waals surface area (Å²) in [7, 11) is 0. The molecule has 1 atom stereocenters. The van der Waals surface area contributed by atoms with Gasteiger partial charge in [0.1, 0.15) is 16.8 Å². The van der Waals surface area contributed by atoms with Crippen LogP contribution in [0.15, 0.2) is 41.9 Å². The molecule has 1 fully saturated rings. The van der Waals surface area contributed by atoms with E-state index in [9.17, 15) is 9.59 Å².